The zero-order valence-corrected chi connectivity index (χ0v) is 9.60. The first-order valence-electron chi connectivity index (χ1n) is 4.84. The van der Waals surface area contributed by atoms with Crippen molar-refractivity contribution in [2.24, 2.45) is 0 Å². The Morgan fingerprint density at radius 2 is 2.13 bits per heavy atom. The molecule has 1 atom stereocenters. The highest BCUT2D eigenvalue weighted by atomic mass is 16.4. The van der Waals surface area contributed by atoms with Gasteiger partial charge in [-0.3, -0.25) is 9.69 Å². The summed E-state index contributed by atoms with van der Waals surface area (Å²) in [7, 11) is 3.51. The fourth-order valence-corrected chi connectivity index (χ4v) is 1.31. The molecule has 0 heterocycles. The first kappa shape index (κ1) is 13.7. The first-order chi connectivity index (χ1) is 7.00. The molecule has 0 saturated carbocycles. The molecule has 0 aliphatic rings. The van der Waals surface area contributed by atoms with Crippen LogP contribution in [0.25, 0.3) is 0 Å². The number of nitrogens with zero attached hydrogens (tertiary/aromatic N) is 1. The van der Waals surface area contributed by atoms with E-state index < -0.39 is 12.0 Å². The van der Waals surface area contributed by atoms with E-state index in [0.29, 0.717) is 0 Å². The Bertz CT molecular complexity index is 277. The van der Waals surface area contributed by atoms with Gasteiger partial charge in [0.2, 0.25) is 0 Å². The molecule has 0 aliphatic heterocycles. The molecule has 0 spiro atoms. The number of carboxylic acid groups (broad SMARTS) is 1. The van der Waals surface area contributed by atoms with Crippen LogP contribution in [0.15, 0.2) is 36.5 Å². The van der Waals surface area contributed by atoms with Gasteiger partial charge in [-0.2, -0.15) is 0 Å². The molecule has 0 aliphatic carbocycles. The molecule has 0 aromatic rings. The third kappa shape index (κ3) is 5.18. The Morgan fingerprint density at radius 1 is 1.53 bits per heavy atom. The fourth-order valence-electron chi connectivity index (χ4n) is 1.31. The average molecular weight is 209 g/mol. The lowest BCUT2D eigenvalue weighted by molar-refractivity contribution is -0.140. The summed E-state index contributed by atoms with van der Waals surface area (Å²) >= 11 is 0. The summed E-state index contributed by atoms with van der Waals surface area (Å²) in [5, 5.41) is 8.99. The van der Waals surface area contributed by atoms with Crippen LogP contribution < -0.4 is 0 Å². The van der Waals surface area contributed by atoms with Crippen molar-refractivity contribution in [1.29, 1.82) is 0 Å². The standard InChI is InChI=1S/C12H19NO2/c1-5-6-7-8-9-10(2)11(12(14)15)13(3)4/h5,7-9,11H,1,6H2,2-4H3,(H,14,15)/b8-7?,10-9+. The van der Waals surface area contributed by atoms with Gasteiger partial charge >= 0.3 is 5.97 Å². The summed E-state index contributed by atoms with van der Waals surface area (Å²) in [6.45, 7) is 5.41. The van der Waals surface area contributed by atoms with Gasteiger partial charge in [-0.15, -0.1) is 6.58 Å². The molecule has 0 rings (SSSR count). The number of allylic oxidation sites excluding steroid dienone is 4. The van der Waals surface area contributed by atoms with Crippen molar-refractivity contribution >= 4 is 5.97 Å². The van der Waals surface area contributed by atoms with Gasteiger partial charge in [0.1, 0.15) is 6.04 Å². The average Bonchev–Trinajstić information content (AvgIpc) is 2.11. The SMILES string of the molecule is C=CCC=C/C=C(\C)C(C(=O)O)N(C)C. The largest absolute Gasteiger partial charge is 0.480 e. The van der Waals surface area contributed by atoms with E-state index >= 15 is 0 Å². The molecule has 3 heteroatoms. The summed E-state index contributed by atoms with van der Waals surface area (Å²) < 4.78 is 0. The van der Waals surface area contributed by atoms with Crippen LogP contribution in [0.2, 0.25) is 0 Å². The Balaban J connectivity index is 4.56. The van der Waals surface area contributed by atoms with Crippen molar-refractivity contribution in [2.45, 2.75) is 19.4 Å². The molecular weight excluding hydrogens is 190 g/mol. The van der Waals surface area contributed by atoms with E-state index in [0.717, 1.165) is 12.0 Å². The van der Waals surface area contributed by atoms with Crippen molar-refractivity contribution in [2.75, 3.05) is 14.1 Å². The second kappa shape index (κ2) is 7.01. The Morgan fingerprint density at radius 3 is 2.53 bits per heavy atom. The molecule has 1 N–H and O–H groups in total. The molecule has 15 heavy (non-hydrogen) atoms. The summed E-state index contributed by atoms with van der Waals surface area (Å²) in [5.41, 5.74) is 0.813. The van der Waals surface area contributed by atoms with E-state index in [9.17, 15) is 4.79 Å². The third-order valence-electron chi connectivity index (χ3n) is 1.98. The predicted octanol–water partition coefficient (Wildman–Crippen LogP) is 2.08. The number of likely N-dealkylation sites (N-methyl/N-ethyl adjacent to an activating group) is 1. The Kier molecular flexibility index (Phi) is 6.38. The van der Waals surface area contributed by atoms with Gasteiger partial charge < -0.3 is 5.11 Å². The number of rotatable bonds is 6. The van der Waals surface area contributed by atoms with Gasteiger partial charge in [-0.05, 0) is 33.0 Å². The Labute approximate surface area is 91.4 Å². The minimum absolute atomic E-state index is 0.557. The van der Waals surface area contributed by atoms with Crippen LogP contribution in [0.4, 0.5) is 0 Å². The lowest BCUT2D eigenvalue weighted by Crippen LogP contribution is -2.36. The van der Waals surface area contributed by atoms with E-state index in [-0.39, 0.29) is 0 Å². The van der Waals surface area contributed by atoms with Crippen LogP contribution >= 0.6 is 0 Å². The molecule has 0 bridgehead atoms. The number of carboxylic acids is 1. The second-order valence-electron chi connectivity index (χ2n) is 3.57. The van der Waals surface area contributed by atoms with E-state index in [1.165, 1.54) is 0 Å². The van der Waals surface area contributed by atoms with Gasteiger partial charge in [0, 0.05) is 0 Å². The summed E-state index contributed by atoms with van der Waals surface area (Å²) in [5.74, 6) is -0.828. The van der Waals surface area contributed by atoms with Crippen molar-refractivity contribution in [3.8, 4) is 0 Å². The van der Waals surface area contributed by atoms with Crippen molar-refractivity contribution < 1.29 is 9.90 Å². The van der Waals surface area contributed by atoms with Crippen LogP contribution in [0.3, 0.4) is 0 Å². The van der Waals surface area contributed by atoms with Gasteiger partial charge in [-0.1, -0.05) is 24.3 Å². The van der Waals surface area contributed by atoms with Crippen LogP contribution in [0.1, 0.15) is 13.3 Å². The number of hydrogen-bond donors (Lipinski definition) is 1. The van der Waals surface area contributed by atoms with E-state index in [1.54, 1.807) is 25.1 Å². The molecule has 0 aromatic heterocycles. The summed E-state index contributed by atoms with van der Waals surface area (Å²) in [6, 6.07) is -0.557. The molecule has 0 aromatic carbocycles. The van der Waals surface area contributed by atoms with Gasteiger partial charge in [0.05, 0.1) is 0 Å². The van der Waals surface area contributed by atoms with Crippen LogP contribution in [-0.2, 0) is 4.79 Å². The molecule has 0 saturated heterocycles. The zero-order valence-electron chi connectivity index (χ0n) is 9.60. The number of carbonyl (C=O) groups is 1. The van der Waals surface area contributed by atoms with E-state index in [1.807, 2.05) is 25.2 Å². The Hall–Kier alpha value is -1.35. The maximum atomic E-state index is 10.9. The van der Waals surface area contributed by atoms with Crippen LogP contribution in [0.5, 0.6) is 0 Å². The maximum Gasteiger partial charge on any atom is 0.325 e. The summed E-state index contributed by atoms with van der Waals surface area (Å²) in [6.07, 6.45) is 8.20. The second-order valence-corrected chi connectivity index (χ2v) is 3.57. The van der Waals surface area contributed by atoms with Gasteiger partial charge in [0.15, 0.2) is 0 Å². The molecule has 0 amide bonds. The van der Waals surface area contributed by atoms with Crippen molar-refractivity contribution in [1.82, 2.24) is 4.90 Å². The molecule has 0 radical (unpaired) electrons. The molecule has 0 fully saturated rings. The smallest absolute Gasteiger partial charge is 0.325 e. The summed E-state index contributed by atoms with van der Waals surface area (Å²) in [4.78, 5) is 12.6. The molecule has 3 nitrogen and oxygen atoms in total. The number of aliphatic carboxylic acids is 1. The lowest BCUT2D eigenvalue weighted by Gasteiger charge is -2.20. The zero-order chi connectivity index (χ0) is 11.8. The first-order valence-corrected chi connectivity index (χ1v) is 4.84. The minimum Gasteiger partial charge on any atom is -0.480 e. The maximum absolute atomic E-state index is 10.9. The monoisotopic (exact) mass is 209 g/mol. The van der Waals surface area contributed by atoms with E-state index in [2.05, 4.69) is 6.58 Å². The molecule has 84 valence electrons. The quantitative estimate of drug-likeness (QED) is 0.538. The highest BCUT2D eigenvalue weighted by molar-refractivity contribution is 5.77. The highest BCUT2D eigenvalue weighted by Gasteiger charge is 2.20. The normalized spacial score (nSPS) is 14.5. The third-order valence-corrected chi connectivity index (χ3v) is 1.98. The van der Waals surface area contributed by atoms with E-state index in [4.69, 9.17) is 5.11 Å². The van der Waals surface area contributed by atoms with Crippen molar-refractivity contribution in [3.63, 3.8) is 0 Å². The van der Waals surface area contributed by atoms with Crippen molar-refractivity contribution in [3.05, 3.63) is 36.5 Å². The lowest BCUT2D eigenvalue weighted by atomic mass is 10.1. The van der Waals surface area contributed by atoms with Crippen LogP contribution in [-0.4, -0.2) is 36.1 Å². The highest BCUT2D eigenvalue weighted by Crippen LogP contribution is 2.07. The molecular formula is C12H19NO2. The minimum atomic E-state index is -0.828. The van der Waals surface area contributed by atoms with Gasteiger partial charge in [0.25, 0.3) is 0 Å². The topological polar surface area (TPSA) is 40.5 Å². The van der Waals surface area contributed by atoms with Gasteiger partial charge in [-0.25, -0.2) is 0 Å². The predicted molar refractivity (Wildman–Crippen MR) is 62.8 cm³/mol. The number of hydrogen-bond acceptors (Lipinski definition) is 2. The fraction of sp³-hybridized carbons (Fsp3) is 0.417. The van der Waals surface area contributed by atoms with Crippen LogP contribution in [0, 0.1) is 0 Å². The molecule has 1 unspecified atom stereocenters.